The molecule has 2 fully saturated rings. The maximum absolute atomic E-state index is 13.7. The van der Waals surface area contributed by atoms with E-state index < -0.39 is 41.8 Å². The van der Waals surface area contributed by atoms with Gasteiger partial charge in [0.05, 0.1) is 37.5 Å². The number of ether oxygens (including phenoxy) is 5. The highest BCUT2D eigenvalue weighted by Crippen LogP contribution is 2.49. The van der Waals surface area contributed by atoms with Crippen LogP contribution >= 0.6 is 11.6 Å². The zero-order chi connectivity index (χ0) is 31.0. The largest absolute Gasteiger partial charge is 0.495 e. The van der Waals surface area contributed by atoms with Crippen LogP contribution < -0.4 is 15.0 Å². The fourth-order valence-electron chi connectivity index (χ4n) is 5.96. The van der Waals surface area contributed by atoms with E-state index in [1.807, 2.05) is 52.8 Å². The first kappa shape index (κ1) is 32.3. The molecule has 232 valence electrons. The lowest BCUT2D eigenvalue weighted by molar-refractivity contribution is -0.142. The third kappa shape index (κ3) is 6.63. The zero-order valence-electron chi connectivity index (χ0n) is 25.6. The molecule has 4 rings (SSSR count). The van der Waals surface area contributed by atoms with Gasteiger partial charge in [0.2, 0.25) is 5.91 Å². The molecule has 7 atom stereocenters. The van der Waals surface area contributed by atoms with Gasteiger partial charge < -0.3 is 33.7 Å². The minimum absolute atomic E-state index is 0.0296. The topological polar surface area (TPSA) is 119 Å². The second-order valence-corrected chi connectivity index (χ2v) is 12.3. The van der Waals surface area contributed by atoms with Crippen LogP contribution in [0.3, 0.4) is 0 Å². The first-order valence-corrected chi connectivity index (χ1v) is 14.6. The number of amides is 2. The van der Waals surface area contributed by atoms with Crippen LogP contribution in [-0.4, -0.2) is 80.2 Å². The maximum atomic E-state index is 13.7. The van der Waals surface area contributed by atoms with E-state index in [1.54, 1.807) is 19.2 Å². The van der Waals surface area contributed by atoms with E-state index in [1.165, 1.54) is 19.1 Å². The summed E-state index contributed by atoms with van der Waals surface area (Å²) in [6.07, 6.45) is 2.61. The van der Waals surface area contributed by atoms with Crippen LogP contribution in [0.5, 0.6) is 5.75 Å². The monoisotopic (exact) mass is 606 g/mol. The number of fused-ring (bicyclic) bond motifs is 5. The molecule has 1 aromatic carbocycles. The normalized spacial score (nSPS) is 35.9. The average molecular weight is 607 g/mol. The Bertz CT molecular complexity index is 1250. The minimum Gasteiger partial charge on any atom is -0.495 e. The highest BCUT2D eigenvalue weighted by Gasteiger charge is 2.63. The molecule has 0 saturated carbocycles. The van der Waals surface area contributed by atoms with Crippen molar-refractivity contribution in [3.05, 3.63) is 46.5 Å². The molecule has 3 heterocycles. The number of rotatable bonds is 4. The third-order valence-corrected chi connectivity index (χ3v) is 8.77. The van der Waals surface area contributed by atoms with Crippen molar-refractivity contribution in [1.82, 2.24) is 5.32 Å². The maximum Gasteiger partial charge on any atom is 0.409 e. The van der Waals surface area contributed by atoms with Gasteiger partial charge in [-0.05, 0) is 51.8 Å². The SMILES string of the molecule is COc1cc2cc(c1Cl)N(C)C(=O)C[C@H](OC(C)C)[C@]1(C)O[C@H]1[C@H](C)[C@@H]1C[C@@](O)(NC(=O)O1)[C@H](OC)/C=C/C=C(\C)C2. The molecule has 42 heavy (non-hydrogen) atoms. The second kappa shape index (κ2) is 12.5. The summed E-state index contributed by atoms with van der Waals surface area (Å²) in [7, 11) is 4.70. The summed E-state index contributed by atoms with van der Waals surface area (Å²) in [5, 5.41) is 14.5. The summed E-state index contributed by atoms with van der Waals surface area (Å²) in [5.41, 5.74) is -0.118. The van der Waals surface area contributed by atoms with Gasteiger partial charge in [0, 0.05) is 26.5 Å². The van der Waals surface area contributed by atoms with Crippen LogP contribution in [0.4, 0.5) is 10.5 Å². The zero-order valence-corrected chi connectivity index (χ0v) is 26.4. The fourth-order valence-corrected chi connectivity index (χ4v) is 6.27. The van der Waals surface area contributed by atoms with E-state index >= 15 is 0 Å². The van der Waals surface area contributed by atoms with E-state index in [0.717, 1.165) is 11.1 Å². The van der Waals surface area contributed by atoms with Gasteiger partial charge in [-0.25, -0.2) is 4.79 Å². The molecule has 2 N–H and O–H groups in total. The number of alkyl carbamates (subject to hydrolysis) is 1. The molecule has 0 spiro atoms. The van der Waals surface area contributed by atoms with Crippen LogP contribution in [0.15, 0.2) is 35.9 Å². The van der Waals surface area contributed by atoms with E-state index in [0.29, 0.717) is 22.9 Å². The quantitative estimate of drug-likeness (QED) is 0.479. The van der Waals surface area contributed by atoms with E-state index in [2.05, 4.69) is 5.32 Å². The van der Waals surface area contributed by atoms with Crippen molar-refractivity contribution >= 4 is 29.3 Å². The Morgan fingerprint density at radius 3 is 2.60 bits per heavy atom. The van der Waals surface area contributed by atoms with Crippen LogP contribution in [0.2, 0.25) is 5.02 Å². The van der Waals surface area contributed by atoms with Crippen molar-refractivity contribution in [2.45, 2.75) is 95.7 Å². The lowest BCUT2D eigenvalue weighted by atomic mass is 9.83. The fraction of sp³-hybridized carbons (Fsp3) is 0.613. The number of nitrogens with one attached hydrogen (secondary N) is 1. The van der Waals surface area contributed by atoms with Crippen molar-refractivity contribution in [2.24, 2.45) is 5.92 Å². The van der Waals surface area contributed by atoms with Crippen LogP contribution in [0, 0.1) is 5.92 Å². The number of nitrogens with zero attached hydrogens (tertiary/aromatic N) is 1. The molecule has 0 aliphatic carbocycles. The molecule has 10 nitrogen and oxygen atoms in total. The average Bonchev–Trinajstić information content (AvgIpc) is 3.61. The highest BCUT2D eigenvalue weighted by molar-refractivity contribution is 6.35. The summed E-state index contributed by atoms with van der Waals surface area (Å²) in [5.74, 6) is -0.0625. The Morgan fingerprint density at radius 2 is 1.95 bits per heavy atom. The first-order valence-electron chi connectivity index (χ1n) is 14.3. The number of hydrogen-bond donors (Lipinski definition) is 2. The van der Waals surface area contributed by atoms with Crippen molar-refractivity contribution in [1.29, 1.82) is 0 Å². The summed E-state index contributed by atoms with van der Waals surface area (Å²) in [4.78, 5) is 27.9. The lowest BCUT2D eigenvalue weighted by Crippen LogP contribution is -2.63. The van der Waals surface area contributed by atoms with Gasteiger partial charge in [0.1, 0.15) is 28.6 Å². The van der Waals surface area contributed by atoms with Crippen molar-refractivity contribution in [3.8, 4) is 5.75 Å². The molecular weight excluding hydrogens is 564 g/mol. The Labute approximate surface area is 252 Å². The Kier molecular flexibility index (Phi) is 9.64. The van der Waals surface area contributed by atoms with E-state index in [4.69, 9.17) is 35.3 Å². The number of epoxide rings is 1. The summed E-state index contributed by atoms with van der Waals surface area (Å²) >= 11 is 6.70. The molecule has 11 heteroatoms. The lowest BCUT2D eigenvalue weighted by Gasteiger charge is -2.42. The molecule has 0 unspecified atom stereocenters. The van der Waals surface area contributed by atoms with Crippen molar-refractivity contribution in [2.75, 3.05) is 26.2 Å². The van der Waals surface area contributed by atoms with Gasteiger partial charge in [-0.2, -0.15) is 0 Å². The number of methoxy groups -OCH3 is 2. The van der Waals surface area contributed by atoms with Gasteiger partial charge >= 0.3 is 6.09 Å². The molecule has 0 radical (unpaired) electrons. The van der Waals surface area contributed by atoms with Crippen molar-refractivity contribution in [3.63, 3.8) is 0 Å². The molecule has 2 saturated heterocycles. The van der Waals surface area contributed by atoms with Crippen LogP contribution in [0.1, 0.15) is 53.0 Å². The number of allylic oxidation sites excluding steroid dienone is 3. The highest BCUT2D eigenvalue weighted by atomic mass is 35.5. The number of hydrogen-bond acceptors (Lipinski definition) is 8. The molecule has 3 aliphatic rings. The number of aliphatic hydroxyl groups is 1. The molecule has 2 amide bonds. The van der Waals surface area contributed by atoms with E-state index in [9.17, 15) is 14.7 Å². The van der Waals surface area contributed by atoms with Gasteiger partial charge in [-0.1, -0.05) is 42.3 Å². The summed E-state index contributed by atoms with van der Waals surface area (Å²) in [6, 6.07) is 3.73. The molecule has 4 bridgehead atoms. The molecule has 1 aromatic rings. The Morgan fingerprint density at radius 1 is 1.24 bits per heavy atom. The smallest absolute Gasteiger partial charge is 0.409 e. The van der Waals surface area contributed by atoms with Crippen molar-refractivity contribution < 1.29 is 38.4 Å². The predicted octanol–water partition coefficient (Wildman–Crippen LogP) is 4.55. The van der Waals surface area contributed by atoms with Crippen LogP contribution in [0.25, 0.3) is 0 Å². The summed E-state index contributed by atoms with van der Waals surface area (Å²) < 4.78 is 29.3. The molecule has 0 aromatic heterocycles. The number of benzene rings is 1. The van der Waals surface area contributed by atoms with Gasteiger partial charge in [-0.3, -0.25) is 10.1 Å². The van der Waals surface area contributed by atoms with Gasteiger partial charge in [-0.15, -0.1) is 0 Å². The number of halogens is 1. The Hall–Kier alpha value is -2.63. The van der Waals surface area contributed by atoms with Gasteiger partial charge in [0.25, 0.3) is 0 Å². The predicted molar refractivity (Wildman–Crippen MR) is 159 cm³/mol. The third-order valence-electron chi connectivity index (χ3n) is 8.39. The first-order chi connectivity index (χ1) is 19.7. The summed E-state index contributed by atoms with van der Waals surface area (Å²) in [6.45, 7) is 9.58. The standard InChI is InChI=1S/C31H43ClN2O8/c1-17(2)40-25-15-26(35)34(6)21-13-20(14-22(38-7)27(21)32)12-18(3)10-9-11-24(39-8)31(37)16-23(41-29(36)33-31)19(4)28-30(25,5)42-28/h9-11,13-14,17,19,23-25,28,37H,12,15-16H2,1-8H3,(H,33,36)/b11-9+,18-10+/t19-,23+,24-,25+,28+,30+,31+/m1/s1. The number of carbonyl (C=O) groups is 2. The molecular formula is C31H43ClN2O8. The number of carbonyl (C=O) groups excluding carboxylic acids is 2. The second-order valence-electron chi connectivity index (χ2n) is 12.0. The van der Waals surface area contributed by atoms with E-state index in [-0.39, 0.29) is 30.8 Å². The van der Waals surface area contributed by atoms with Gasteiger partial charge in [0.15, 0.2) is 5.72 Å². The molecule has 3 aliphatic heterocycles. The van der Waals surface area contributed by atoms with Crippen LogP contribution in [-0.2, 0) is 30.2 Å². The minimum atomic E-state index is -1.71. The number of anilines is 1. The Balaban J connectivity index is 1.78.